The lowest BCUT2D eigenvalue weighted by Crippen LogP contribution is -2.45. The van der Waals surface area contributed by atoms with Crippen LogP contribution in [-0.4, -0.2) is 43.8 Å². The summed E-state index contributed by atoms with van der Waals surface area (Å²) in [4.78, 5) is 2.70. The van der Waals surface area contributed by atoms with Gasteiger partial charge < -0.3 is 5.73 Å². The van der Waals surface area contributed by atoms with Gasteiger partial charge >= 0.3 is 0 Å². The molecule has 0 atom stereocenters. The summed E-state index contributed by atoms with van der Waals surface area (Å²) in [6.07, 6.45) is 1.71. The van der Waals surface area contributed by atoms with E-state index in [1.54, 1.807) is 42.6 Å². The second-order valence-electron chi connectivity index (χ2n) is 6.23. The number of benzene rings is 1. The molecular formula is C17H23N3O2S2. The Morgan fingerprint density at radius 1 is 1.21 bits per heavy atom. The highest BCUT2D eigenvalue weighted by molar-refractivity contribution is 7.89. The summed E-state index contributed by atoms with van der Waals surface area (Å²) >= 11 is 1.71. The Morgan fingerprint density at radius 3 is 2.46 bits per heavy atom. The van der Waals surface area contributed by atoms with Crippen molar-refractivity contribution < 1.29 is 8.42 Å². The summed E-state index contributed by atoms with van der Waals surface area (Å²) in [5.74, 6) is 0. The van der Waals surface area contributed by atoms with Crippen LogP contribution in [0, 0.1) is 0 Å². The topological polar surface area (TPSA) is 66.6 Å². The van der Waals surface area contributed by atoms with E-state index < -0.39 is 10.0 Å². The highest BCUT2D eigenvalue weighted by Crippen LogP contribution is 2.24. The van der Waals surface area contributed by atoms with Crippen molar-refractivity contribution in [3.63, 3.8) is 0 Å². The van der Waals surface area contributed by atoms with E-state index in [1.807, 2.05) is 0 Å². The molecule has 1 fully saturated rings. The Balaban J connectivity index is 1.62. The number of nitrogens with zero attached hydrogens (tertiary/aromatic N) is 2. The second-order valence-corrected chi connectivity index (χ2v) is 9.01. The van der Waals surface area contributed by atoms with Crippen molar-refractivity contribution in [1.29, 1.82) is 0 Å². The molecule has 2 heterocycles. The first-order valence-corrected chi connectivity index (χ1v) is 10.4. The quantitative estimate of drug-likeness (QED) is 0.827. The molecule has 0 unspecified atom stereocenters. The largest absolute Gasteiger partial charge is 0.399 e. The first kappa shape index (κ1) is 17.4. The lowest BCUT2D eigenvalue weighted by Gasteiger charge is -2.36. The Kier molecular flexibility index (Phi) is 5.24. The van der Waals surface area contributed by atoms with Crippen molar-refractivity contribution in [2.75, 3.05) is 25.9 Å². The monoisotopic (exact) mass is 365 g/mol. The van der Waals surface area contributed by atoms with E-state index in [0.29, 0.717) is 10.6 Å². The van der Waals surface area contributed by atoms with E-state index in [-0.39, 0.29) is 6.04 Å². The maximum absolute atomic E-state index is 12.8. The molecule has 0 aliphatic carbocycles. The number of likely N-dealkylation sites (tertiary alicyclic amines) is 1. The summed E-state index contributed by atoms with van der Waals surface area (Å²) in [7, 11) is -1.78. The summed E-state index contributed by atoms with van der Waals surface area (Å²) in [6, 6.07) is 8.61. The van der Waals surface area contributed by atoms with Crippen LogP contribution >= 0.6 is 11.3 Å². The maximum atomic E-state index is 12.8. The van der Waals surface area contributed by atoms with Gasteiger partial charge in [0.15, 0.2) is 0 Å². The van der Waals surface area contributed by atoms with Crippen LogP contribution in [0.1, 0.15) is 18.4 Å². The lowest BCUT2D eigenvalue weighted by molar-refractivity contribution is 0.164. The van der Waals surface area contributed by atoms with Crippen molar-refractivity contribution in [2.45, 2.75) is 30.3 Å². The average molecular weight is 366 g/mol. The third-order valence-electron chi connectivity index (χ3n) is 4.61. The summed E-state index contributed by atoms with van der Waals surface area (Å²) in [6.45, 7) is 2.79. The molecule has 130 valence electrons. The van der Waals surface area contributed by atoms with Gasteiger partial charge in [0.1, 0.15) is 0 Å². The van der Waals surface area contributed by atoms with Crippen molar-refractivity contribution in [1.82, 2.24) is 9.21 Å². The van der Waals surface area contributed by atoms with Gasteiger partial charge in [0.05, 0.1) is 4.90 Å². The fourth-order valence-electron chi connectivity index (χ4n) is 3.08. The minimum Gasteiger partial charge on any atom is -0.399 e. The number of thiophene rings is 1. The van der Waals surface area contributed by atoms with Gasteiger partial charge in [-0.25, -0.2) is 8.42 Å². The molecule has 0 spiro atoms. The molecule has 0 saturated carbocycles. The third-order valence-corrected chi connectivity index (χ3v) is 7.27. The Bertz CT molecular complexity index is 750. The Hall–Kier alpha value is -1.41. The first-order valence-electron chi connectivity index (χ1n) is 8.04. The van der Waals surface area contributed by atoms with Gasteiger partial charge in [-0.05, 0) is 59.5 Å². The minimum atomic E-state index is -3.46. The first-order chi connectivity index (χ1) is 11.5. The van der Waals surface area contributed by atoms with Crippen molar-refractivity contribution in [3.8, 4) is 0 Å². The van der Waals surface area contributed by atoms with E-state index in [9.17, 15) is 8.42 Å². The van der Waals surface area contributed by atoms with Crippen LogP contribution in [0.4, 0.5) is 5.69 Å². The number of piperidine rings is 1. The molecule has 1 aromatic carbocycles. The molecule has 2 aromatic rings. The fourth-order valence-corrected chi connectivity index (χ4v) is 5.16. The highest BCUT2D eigenvalue weighted by Gasteiger charge is 2.30. The number of hydrogen-bond acceptors (Lipinski definition) is 5. The van der Waals surface area contributed by atoms with Gasteiger partial charge in [-0.3, -0.25) is 4.90 Å². The molecule has 1 aliphatic rings. The second kappa shape index (κ2) is 7.23. The molecule has 0 radical (unpaired) electrons. The number of hydrogen-bond donors (Lipinski definition) is 1. The maximum Gasteiger partial charge on any atom is 0.243 e. The predicted molar refractivity (Wildman–Crippen MR) is 98.4 cm³/mol. The zero-order valence-corrected chi connectivity index (χ0v) is 15.4. The molecule has 0 amide bonds. The highest BCUT2D eigenvalue weighted by atomic mass is 32.2. The number of nitrogen functional groups attached to an aromatic ring is 1. The number of anilines is 1. The average Bonchev–Trinajstić information content (AvgIpc) is 3.08. The van der Waals surface area contributed by atoms with Crippen molar-refractivity contribution >= 4 is 27.0 Å². The van der Waals surface area contributed by atoms with E-state index >= 15 is 0 Å². The smallest absolute Gasteiger partial charge is 0.243 e. The van der Waals surface area contributed by atoms with E-state index in [0.717, 1.165) is 32.5 Å². The molecule has 5 nitrogen and oxygen atoms in total. The van der Waals surface area contributed by atoms with Gasteiger partial charge in [-0.2, -0.15) is 15.6 Å². The van der Waals surface area contributed by atoms with E-state index in [4.69, 9.17) is 5.73 Å². The third kappa shape index (κ3) is 3.80. The van der Waals surface area contributed by atoms with Crippen LogP contribution in [-0.2, 0) is 16.6 Å². The summed E-state index contributed by atoms with van der Waals surface area (Å²) in [5.41, 5.74) is 7.55. The molecule has 1 saturated heterocycles. The SMILES string of the molecule is CN(C1CCN(Cc2ccsc2)CC1)S(=O)(=O)c1ccc(N)cc1. The molecule has 1 aliphatic heterocycles. The van der Waals surface area contributed by atoms with Gasteiger partial charge in [0, 0.05) is 38.4 Å². The van der Waals surface area contributed by atoms with Crippen LogP contribution in [0.2, 0.25) is 0 Å². The summed E-state index contributed by atoms with van der Waals surface area (Å²) in [5, 5.41) is 4.26. The van der Waals surface area contributed by atoms with E-state index in [1.165, 1.54) is 9.87 Å². The van der Waals surface area contributed by atoms with Crippen LogP contribution in [0.25, 0.3) is 0 Å². The molecular weight excluding hydrogens is 342 g/mol. The molecule has 1 aromatic heterocycles. The van der Waals surface area contributed by atoms with Crippen molar-refractivity contribution in [3.05, 3.63) is 46.7 Å². The molecule has 2 N–H and O–H groups in total. The van der Waals surface area contributed by atoms with Crippen molar-refractivity contribution in [2.24, 2.45) is 0 Å². The molecule has 24 heavy (non-hydrogen) atoms. The summed E-state index contributed by atoms with van der Waals surface area (Å²) < 4.78 is 27.0. The predicted octanol–water partition coefficient (Wildman–Crippen LogP) is 2.62. The van der Waals surface area contributed by atoms with Gasteiger partial charge in [0.25, 0.3) is 0 Å². The van der Waals surface area contributed by atoms with Crippen LogP contribution in [0.3, 0.4) is 0 Å². The standard InChI is InChI=1S/C17H23N3O2S2/c1-19(24(21,22)17-4-2-15(18)3-5-17)16-6-9-20(10-7-16)12-14-8-11-23-13-14/h2-5,8,11,13,16H,6-7,9-10,12,18H2,1H3. The van der Waals surface area contributed by atoms with Gasteiger partial charge in [-0.15, -0.1) is 0 Å². The Morgan fingerprint density at radius 2 is 1.88 bits per heavy atom. The van der Waals surface area contributed by atoms with Crippen LogP contribution in [0.5, 0.6) is 0 Å². The zero-order valence-electron chi connectivity index (χ0n) is 13.8. The molecule has 0 bridgehead atoms. The number of sulfonamides is 1. The lowest BCUT2D eigenvalue weighted by atomic mass is 10.1. The number of rotatable bonds is 5. The van der Waals surface area contributed by atoms with Gasteiger partial charge in [0.2, 0.25) is 10.0 Å². The van der Waals surface area contributed by atoms with E-state index in [2.05, 4.69) is 21.7 Å². The zero-order chi connectivity index (χ0) is 17.2. The fraction of sp³-hybridized carbons (Fsp3) is 0.412. The van der Waals surface area contributed by atoms with Crippen LogP contribution < -0.4 is 5.73 Å². The number of nitrogens with two attached hydrogens (primary N) is 1. The van der Waals surface area contributed by atoms with Gasteiger partial charge in [-0.1, -0.05) is 0 Å². The molecule has 7 heteroatoms. The normalized spacial score (nSPS) is 17.4. The van der Waals surface area contributed by atoms with Crippen LogP contribution in [0.15, 0.2) is 46.0 Å². The Labute approximate surface area is 147 Å². The minimum absolute atomic E-state index is 0.0475. The molecule has 3 rings (SSSR count).